The van der Waals surface area contributed by atoms with Gasteiger partial charge in [-0.25, -0.2) is 9.37 Å². The van der Waals surface area contributed by atoms with Crippen molar-refractivity contribution < 1.29 is 9.13 Å². The highest BCUT2D eigenvalue weighted by Gasteiger charge is 2.10. The molecule has 0 spiro atoms. The first kappa shape index (κ1) is 13.8. The SMILES string of the molecule is Cc1sc(COc2ccccc2)nc1-c1ccc(F)cc1. The van der Waals surface area contributed by atoms with E-state index in [4.69, 9.17) is 4.74 Å². The third kappa shape index (κ3) is 3.28. The zero-order chi connectivity index (χ0) is 14.7. The first-order chi connectivity index (χ1) is 10.2. The topological polar surface area (TPSA) is 22.1 Å². The summed E-state index contributed by atoms with van der Waals surface area (Å²) in [6, 6.07) is 16.1. The number of benzene rings is 2. The van der Waals surface area contributed by atoms with Crippen LogP contribution < -0.4 is 4.74 Å². The van der Waals surface area contributed by atoms with Crippen LogP contribution in [0, 0.1) is 12.7 Å². The number of hydrogen-bond donors (Lipinski definition) is 0. The molecule has 2 aromatic carbocycles. The Kier molecular flexibility index (Phi) is 3.97. The van der Waals surface area contributed by atoms with Gasteiger partial charge in [0.2, 0.25) is 0 Å². The fourth-order valence-electron chi connectivity index (χ4n) is 2.05. The van der Waals surface area contributed by atoms with Crippen molar-refractivity contribution in [1.29, 1.82) is 0 Å². The number of para-hydroxylation sites is 1. The van der Waals surface area contributed by atoms with Crippen molar-refractivity contribution in [3.8, 4) is 17.0 Å². The Hall–Kier alpha value is -2.20. The van der Waals surface area contributed by atoms with Crippen LogP contribution in [0.1, 0.15) is 9.88 Å². The highest BCUT2D eigenvalue weighted by molar-refractivity contribution is 7.12. The highest BCUT2D eigenvalue weighted by Crippen LogP contribution is 2.28. The summed E-state index contributed by atoms with van der Waals surface area (Å²) >= 11 is 1.60. The van der Waals surface area contributed by atoms with Crippen LogP contribution in [-0.4, -0.2) is 4.98 Å². The van der Waals surface area contributed by atoms with Crippen molar-refractivity contribution in [2.45, 2.75) is 13.5 Å². The molecule has 0 aliphatic carbocycles. The Labute approximate surface area is 126 Å². The molecule has 0 atom stereocenters. The number of nitrogens with zero attached hydrogens (tertiary/aromatic N) is 1. The molecule has 0 bridgehead atoms. The van der Waals surface area contributed by atoms with Gasteiger partial charge in [0.15, 0.2) is 0 Å². The van der Waals surface area contributed by atoms with Gasteiger partial charge < -0.3 is 4.74 Å². The lowest BCUT2D eigenvalue weighted by molar-refractivity contribution is 0.305. The van der Waals surface area contributed by atoms with E-state index in [2.05, 4.69) is 4.98 Å². The number of aryl methyl sites for hydroxylation is 1. The third-order valence-corrected chi connectivity index (χ3v) is 4.01. The van der Waals surface area contributed by atoms with E-state index in [0.717, 1.165) is 26.9 Å². The standard InChI is InChI=1S/C17H14FNOS/c1-12-17(13-7-9-14(18)10-8-13)19-16(21-12)11-20-15-5-3-2-4-6-15/h2-10H,11H2,1H3. The van der Waals surface area contributed by atoms with Crippen LogP contribution in [-0.2, 0) is 6.61 Å². The quantitative estimate of drug-likeness (QED) is 0.688. The molecule has 1 aromatic heterocycles. The zero-order valence-electron chi connectivity index (χ0n) is 11.5. The molecule has 0 saturated carbocycles. The molecule has 0 fully saturated rings. The number of ether oxygens (including phenoxy) is 1. The Morgan fingerprint density at radius 2 is 1.76 bits per heavy atom. The normalized spacial score (nSPS) is 10.6. The molecule has 21 heavy (non-hydrogen) atoms. The predicted octanol–water partition coefficient (Wildman–Crippen LogP) is 4.84. The summed E-state index contributed by atoms with van der Waals surface area (Å²) in [5.41, 5.74) is 1.82. The van der Waals surface area contributed by atoms with E-state index in [1.807, 2.05) is 37.3 Å². The predicted molar refractivity (Wildman–Crippen MR) is 83.0 cm³/mol. The Balaban J connectivity index is 1.76. The number of aromatic nitrogens is 1. The minimum Gasteiger partial charge on any atom is -0.486 e. The molecule has 0 aliphatic rings. The molecule has 2 nitrogen and oxygen atoms in total. The van der Waals surface area contributed by atoms with E-state index >= 15 is 0 Å². The highest BCUT2D eigenvalue weighted by atomic mass is 32.1. The average Bonchev–Trinajstić information content (AvgIpc) is 2.88. The minimum atomic E-state index is -0.237. The summed E-state index contributed by atoms with van der Waals surface area (Å²) in [5, 5.41) is 0.913. The van der Waals surface area contributed by atoms with Gasteiger partial charge in [-0.05, 0) is 43.3 Å². The zero-order valence-corrected chi connectivity index (χ0v) is 12.4. The molecule has 3 aromatic rings. The van der Waals surface area contributed by atoms with Crippen molar-refractivity contribution in [2.75, 3.05) is 0 Å². The Morgan fingerprint density at radius 1 is 1.05 bits per heavy atom. The van der Waals surface area contributed by atoms with E-state index in [-0.39, 0.29) is 5.82 Å². The molecule has 0 unspecified atom stereocenters. The second kappa shape index (κ2) is 6.06. The van der Waals surface area contributed by atoms with Gasteiger partial charge in [0.25, 0.3) is 0 Å². The maximum Gasteiger partial charge on any atom is 0.140 e. The van der Waals surface area contributed by atoms with Gasteiger partial charge in [-0.2, -0.15) is 0 Å². The summed E-state index contributed by atoms with van der Waals surface area (Å²) in [7, 11) is 0. The monoisotopic (exact) mass is 299 g/mol. The lowest BCUT2D eigenvalue weighted by Crippen LogP contribution is -1.94. The Bertz CT molecular complexity index is 722. The number of thiazole rings is 1. The molecular formula is C17H14FNOS. The second-order valence-corrected chi connectivity index (χ2v) is 5.91. The summed E-state index contributed by atoms with van der Waals surface area (Å²) in [4.78, 5) is 5.70. The third-order valence-electron chi connectivity index (χ3n) is 3.06. The van der Waals surface area contributed by atoms with Gasteiger partial charge in [0.1, 0.15) is 23.2 Å². The van der Waals surface area contributed by atoms with Crippen LogP contribution in [0.4, 0.5) is 4.39 Å². The van der Waals surface area contributed by atoms with Crippen molar-refractivity contribution in [1.82, 2.24) is 4.98 Å². The molecule has 0 radical (unpaired) electrons. The lowest BCUT2D eigenvalue weighted by Gasteiger charge is -2.02. The van der Waals surface area contributed by atoms with Crippen LogP contribution in [0.5, 0.6) is 5.75 Å². The maximum atomic E-state index is 13.0. The molecule has 0 amide bonds. The van der Waals surface area contributed by atoms with Gasteiger partial charge in [-0.3, -0.25) is 0 Å². The van der Waals surface area contributed by atoms with Crippen molar-refractivity contribution in [3.05, 3.63) is 70.3 Å². The average molecular weight is 299 g/mol. The van der Waals surface area contributed by atoms with Crippen molar-refractivity contribution in [2.24, 2.45) is 0 Å². The number of halogens is 1. The molecule has 106 valence electrons. The van der Waals surface area contributed by atoms with E-state index in [0.29, 0.717) is 6.61 Å². The first-order valence-corrected chi connectivity index (χ1v) is 7.44. The maximum absolute atomic E-state index is 13.0. The largest absolute Gasteiger partial charge is 0.486 e. The lowest BCUT2D eigenvalue weighted by atomic mass is 10.1. The Morgan fingerprint density at radius 3 is 2.48 bits per heavy atom. The van der Waals surface area contributed by atoms with Gasteiger partial charge in [-0.1, -0.05) is 18.2 Å². The fraction of sp³-hybridized carbons (Fsp3) is 0.118. The fourth-order valence-corrected chi connectivity index (χ4v) is 2.92. The van der Waals surface area contributed by atoms with Gasteiger partial charge in [0.05, 0.1) is 5.69 Å². The van der Waals surface area contributed by atoms with Crippen LogP contribution in [0.15, 0.2) is 54.6 Å². The molecule has 3 rings (SSSR count). The van der Waals surface area contributed by atoms with E-state index in [9.17, 15) is 4.39 Å². The van der Waals surface area contributed by atoms with Gasteiger partial charge in [-0.15, -0.1) is 11.3 Å². The molecule has 0 aliphatic heterocycles. The van der Waals surface area contributed by atoms with Gasteiger partial charge >= 0.3 is 0 Å². The summed E-state index contributed by atoms with van der Waals surface area (Å²) in [6.07, 6.45) is 0. The molecular weight excluding hydrogens is 285 g/mol. The molecule has 4 heteroatoms. The smallest absolute Gasteiger partial charge is 0.140 e. The number of hydrogen-bond acceptors (Lipinski definition) is 3. The molecule has 0 saturated heterocycles. The van der Waals surface area contributed by atoms with E-state index < -0.39 is 0 Å². The second-order valence-electron chi connectivity index (χ2n) is 4.62. The summed E-state index contributed by atoms with van der Waals surface area (Å²) in [5.74, 6) is 0.591. The van der Waals surface area contributed by atoms with Gasteiger partial charge in [0, 0.05) is 10.4 Å². The summed E-state index contributed by atoms with van der Waals surface area (Å²) < 4.78 is 18.7. The van der Waals surface area contributed by atoms with Crippen molar-refractivity contribution in [3.63, 3.8) is 0 Å². The van der Waals surface area contributed by atoms with Crippen LogP contribution in [0.3, 0.4) is 0 Å². The van der Waals surface area contributed by atoms with E-state index in [1.165, 1.54) is 12.1 Å². The molecule has 1 heterocycles. The first-order valence-electron chi connectivity index (χ1n) is 6.62. The van der Waals surface area contributed by atoms with E-state index in [1.54, 1.807) is 23.5 Å². The molecule has 0 N–H and O–H groups in total. The van der Waals surface area contributed by atoms with Crippen LogP contribution in [0.25, 0.3) is 11.3 Å². The van der Waals surface area contributed by atoms with Crippen LogP contribution >= 0.6 is 11.3 Å². The van der Waals surface area contributed by atoms with Crippen molar-refractivity contribution >= 4 is 11.3 Å². The number of rotatable bonds is 4. The van der Waals surface area contributed by atoms with Crippen LogP contribution in [0.2, 0.25) is 0 Å². The minimum absolute atomic E-state index is 0.237. The summed E-state index contributed by atoms with van der Waals surface area (Å²) in [6.45, 7) is 2.46.